The molecule has 0 spiro atoms. The van der Waals surface area contributed by atoms with Gasteiger partial charge in [0.25, 0.3) is 5.91 Å². The molecule has 3 saturated heterocycles. The predicted molar refractivity (Wildman–Crippen MR) is 75.5 cm³/mol. The molecule has 7 heteroatoms. The lowest BCUT2D eigenvalue weighted by atomic mass is 10.1. The second-order valence-corrected chi connectivity index (χ2v) is 6.08. The van der Waals surface area contributed by atoms with Crippen molar-refractivity contribution < 1.29 is 14.4 Å². The Kier molecular flexibility index (Phi) is 4.10. The monoisotopic (exact) mass is 294 g/mol. The summed E-state index contributed by atoms with van der Waals surface area (Å²) in [6.45, 7) is 3.84. The molecule has 0 aromatic heterocycles. The third-order valence-corrected chi connectivity index (χ3v) is 4.66. The number of imide groups is 1. The summed E-state index contributed by atoms with van der Waals surface area (Å²) in [5.74, 6) is -0.233. The number of nitrogens with zero attached hydrogens (tertiary/aromatic N) is 2. The molecule has 7 nitrogen and oxygen atoms in total. The zero-order valence-electron chi connectivity index (χ0n) is 12.1. The summed E-state index contributed by atoms with van der Waals surface area (Å²) >= 11 is 0. The van der Waals surface area contributed by atoms with Crippen LogP contribution in [-0.2, 0) is 9.59 Å². The van der Waals surface area contributed by atoms with Crippen LogP contribution in [0.15, 0.2) is 0 Å². The minimum absolute atomic E-state index is 0.0951. The Balaban J connectivity index is 1.50. The molecule has 116 valence electrons. The Morgan fingerprint density at radius 3 is 2.76 bits per heavy atom. The van der Waals surface area contributed by atoms with Crippen molar-refractivity contribution in [3.05, 3.63) is 0 Å². The van der Waals surface area contributed by atoms with Gasteiger partial charge in [-0.25, -0.2) is 4.79 Å². The summed E-state index contributed by atoms with van der Waals surface area (Å²) in [5, 5.41) is 4.72. The van der Waals surface area contributed by atoms with E-state index in [9.17, 15) is 14.4 Å². The van der Waals surface area contributed by atoms with Gasteiger partial charge in [-0.15, -0.1) is 0 Å². The standard InChI is InChI=1S/C14H22N4O3/c19-12(5-4-11-13(20)16-14(21)15-11)18-8-2-7-17-6-1-3-10(17)9-18/h10-11H,1-9H2,(H2,15,16,20,21)/t10-,11-/m0/s1. The van der Waals surface area contributed by atoms with Crippen molar-refractivity contribution in [3.8, 4) is 0 Å². The smallest absolute Gasteiger partial charge is 0.322 e. The van der Waals surface area contributed by atoms with Gasteiger partial charge in [0.2, 0.25) is 5.91 Å². The molecule has 0 aliphatic carbocycles. The molecule has 0 saturated carbocycles. The Labute approximate surface area is 124 Å². The number of amides is 4. The summed E-state index contributed by atoms with van der Waals surface area (Å²) in [6, 6.07) is -0.517. The fourth-order valence-electron chi connectivity index (χ4n) is 3.52. The van der Waals surface area contributed by atoms with Gasteiger partial charge in [-0.3, -0.25) is 19.8 Å². The van der Waals surface area contributed by atoms with Crippen LogP contribution in [-0.4, -0.2) is 65.9 Å². The number of hydrogen-bond acceptors (Lipinski definition) is 4. The molecule has 4 amide bonds. The van der Waals surface area contributed by atoms with Crippen LogP contribution in [0.4, 0.5) is 4.79 Å². The molecule has 0 radical (unpaired) electrons. The van der Waals surface area contributed by atoms with Crippen molar-refractivity contribution in [2.75, 3.05) is 26.2 Å². The van der Waals surface area contributed by atoms with E-state index in [1.807, 2.05) is 4.90 Å². The van der Waals surface area contributed by atoms with Gasteiger partial charge in [-0.2, -0.15) is 0 Å². The lowest BCUT2D eigenvalue weighted by Crippen LogP contribution is -2.40. The van der Waals surface area contributed by atoms with Gasteiger partial charge >= 0.3 is 6.03 Å². The number of fused-ring (bicyclic) bond motifs is 1. The van der Waals surface area contributed by atoms with Crippen LogP contribution in [0.1, 0.15) is 32.1 Å². The number of rotatable bonds is 3. The van der Waals surface area contributed by atoms with Gasteiger partial charge in [-0.1, -0.05) is 0 Å². The lowest BCUT2D eigenvalue weighted by molar-refractivity contribution is -0.131. The molecular formula is C14H22N4O3. The van der Waals surface area contributed by atoms with Crippen molar-refractivity contribution >= 4 is 17.8 Å². The fourth-order valence-corrected chi connectivity index (χ4v) is 3.52. The van der Waals surface area contributed by atoms with Crippen molar-refractivity contribution in [2.24, 2.45) is 0 Å². The molecule has 3 heterocycles. The maximum Gasteiger partial charge on any atom is 0.322 e. The first kappa shape index (κ1) is 14.3. The average Bonchev–Trinajstić information content (AvgIpc) is 2.96. The first-order valence-electron chi connectivity index (χ1n) is 7.76. The first-order chi connectivity index (χ1) is 10.1. The van der Waals surface area contributed by atoms with Crippen molar-refractivity contribution in [3.63, 3.8) is 0 Å². The van der Waals surface area contributed by atoms with Gasteiger partial charge in [0.05, 0.1) is 0 Å². The van der Waals surface area contributed by atoms with E-state index in [0.29, 0.717) is 18.9 Å². The summed E-state index contributed by atoms with van der Waals surface area (Å²) in [6.07, 6.45) is 4.10. The molecule has 21 heavy (non-hydrogen) atoms. The maximum atomic E-state index is 12.3. The lowest BCUT2D eigenvalue weighted by Gasteiger charge is -2.26. The highest BCUT2D eigenvalue weighted by Crippen LogP contribution is 2.21. The molecule has 3 rings (SSSR count). The van der Waals surface area contributed by atoms with Crippen LogP contribution in [0, 0.1) is 0 Å². The maximum absolute atomic E-state index is 12.3. The van der Waals surface area contributed by atoms with Gasteiger partial charge in [-0.05, 0) is 32.2 Å². The molecule has 2 atom stereocenters. The third-order valence-electron chi connectivity index (χ3n) is 4.66. The second-order valence-electron chi connectivity index (χ2n) is 6.08. The van der Waals surface area contributed by atoms with Gasteiger partial charge in [0.15, 0.2) is 0 Å². The zero-order valence-corrected chi connectivity index (χ0v) is 12.1. The molecule has 0 aromatic carbocycles. The topological polar surface area (TPSA) is 81.8 Å². The summed E-state index contributed by atoms with van der Waals surface area (Å²) < 4.78 is 0. The number of carbonyl (C=O) groups excluding carboxylic acids is 3. The Morgan fingerprint density at radius 1 is 1.19 bits per heavy atom. The van der Waals surface area contributed by atoms with E-state index in [1.54, 1.807) is 0 Å². The number of hydrogen-bond donors (Lipinski definition) is 2. The van der Waals surface area contributed by atoms with Crippen molar-refractivity contribution in [2.45, 2.75) is 44.2 Å². The van der Waals surface area contributed by atoms with Crippen LogP contribution in [0.2, 0.25) is 0 Å². The minimum atomic E-state index is -0.559. The summed E-state index contributed by atoms with van der Waals surface area (Å²) in [4.78, 5) is 39.3. The van der Waals surface area contributed by atoms with E-state index < -0.39 is 12.1 Å². The van der Waals surface area contributed by atoms with E-state index in [4.69, 9.17) is 0 Å². The normalized spacial score (nSPS) is 29.8. The number of urea groups is 1. The molecule has 2 N–H and O–H groups in total. The molecule has 0 unspecified atom stereocenters. The highest BCUT2D eigenvalue weighted by molar-refractivity contribution is 6.04. The Bertz CT molecular complexity index is 454. The van der Waals surface area contributed by atoms with Crippen LogP contribution >= 0.6 is 0 Å². The van der Waals surface area contributed by atoms with E-state index in [-0.39, 0.29) is 11.8 Å². The van der Waals surface area contributed by atoms with E-state index >= 15 is 0 Å². The molecule has 3 fully saturated rings. The molecule has 3 aliphatic rings. The predicted octanol–water partition coefficient (Wildman–Crippen LogP) is -0.329. The molecular weight excluding hydrogens is 272 g/mol. The highest BCUT2D eigenvalue weighted by Gasteiger charge is 2.32. The van der Waals surface area contributed by atoms with Gasteiger partial charge in [0.1, 0.15) is 6.04 Å². The van der Waals surface area contributed by atoms with Gasteiger partial charge < -0.3 is 10.2 Å². The Morgan fingerprint density at radius 2 is 2.00 bits per heavy atom. The van der Waals surface area contributed by atoms with Crippen LogP contribution in [0.5, 0.6) is 0 Å². The first-order valence-corrected chi connectivity index (χ1v) is 7.76. The zero-order chi connectivity index (χ0) is 14.8. The molecule has 0 bridgehead atoms. The van der Waals surface area contributed by atoms with Crippen LogP contribution in [0.25, 0.3) is 0 Å². The number of carbonyl (C=O) groups is 3. The fraction of sp³-hybridized carbons (Fsp3) is 0.786. The molecule has 0 aromatic rings. The SMILES string of the molecule is O=C1NC(=O)[C@H](CCC(=O)N2CCCN3CCC[C@H]3C2)N1. The van der Waals surface area contributed by atoms with Crippen LogP contribution < -0.4 is 10.6 Å². The van der Waals surface area contributed by atoms with Crippen molar-refractivity contribution in [1.82, 2.24) is 20.4 Å². The average molecular weight is 294 g/mol. The minimum Gasteiger partial charge on any atom is -0.341 e. The summed E-state index contributed by atoms with van der Waals surface area (Å²) in [5.41, 5.74) is 0. The second kappa shape index (κ2) is 6.01. The molecule has 3 aliphatic heterocycles. The van der Waals surface area contributed by atoms with E-state index in [2.05, 4.69) is 15.5 Å². The van der Waals surface area contributed by atoms with E-state index in [1.165, 1.54) is 12.8 Å². The highest BCUT2D eigenvalue weighted by atomic mass is 16.2. The number of nitrogens with one attached hydrogen (secondary N) is 2. The van der Waals surface area contributed by atoms with Crippen molar-refractivity contribution in [1.29, 1.82) is 0 Å². The third kappa shape index (κ3) is 3.18. The van der Waals surface area contributed by atoms with Crippen LogP contribution in [0.3, 0.4) is 0 Å². The van der Waals surface area contributed by atoms with E-state index in [0.717, 1.165) is 32.6 Å². The largest absolute Gasteiger partial charge is 0.341 e. The van der Waals surface area contributed by atoms with Gasteiger partial charge in [0, 0.05) is 32.1 Å². The quantitative estimate of drug-likeness (QED) is 0.699. The Hall–Kier alpha value is -1.63. The summed E-state index contributed by atoms with van der Waals surface area (Å²) in [7, 11) is 0.